The Kier molecular flexibility index (Phi) is 1.54. The summed E-state index contributed by atoms with van der Waals surface area (Å²) >= 11 is 11.6. The zero-order valence-corrected chi connectivity index (χ0v) is 7.87. The summed E-state index contributed by atoms with van der Waals surface area (Å²) in [5, 5.41) is 0.404. The van der Waals surface area contributed by atoms with Gasteiger partial charge in [0.25, 0.3) is 0 Å². The van der Waals surface area contributed by atoms with Crippen molar-refractivity contribution in [3.8, 4) is 0 Å². The van der Waals surface area contributed by atoms with Gasteiger partial charge >= 0.3 is 0 Å². The third-order valence-corrected chi connectivity index (χ3v) is 3.14. The van der Waals surface area contributed by atoms with Crippen LogP contribution in [0.2, 0.25) is 0 Å². The molecule has 2 aliphatic heterocycles. The summed E-state index contributed by atoms with van der Waals surface area (Å²) in [5.41, 5.74) is -0.595. The second kappa shape index (κ2) is 2.27. The Hall–Kier alpha value is -0.470. The average molecular weight is 205 g/mol. The van der Waals surface area contributed by atoms with E-state index in [4.69, 9.17) is 27.9 Å². The van der Waals surface area contributed by atoms with Crippen LogP contribution in [-0.4, -0.2) is 11.4 Å². The van der Waals surface area contributed by atoms with E-state index >= 15 is 0 Å². The van der Waals surface area contributed by atoms with Crippen LogP contribution in [0.25, 0.3) is 0 Å². The summed E-state index contributed by atoms with van der Waals surface area (Å²) in [6.07, 6.45) is 2.34. The first-order chi connectivity index (χ1) is 5.54. The Morgan fingerprint density at radius 3 is 2.92 bits per heavy atom. The van der Waals surface area contributed by atoms with E-state index in [1.165, 1.54) is 0 Å². The van der Waals surface area contributed by atoms with E-state index in [9.17, 15) is 4.79 Å². The fourth-order valence-corrected chi connectivity index (χ4v) is 1.82. The van der Waals surface area contributed by atoms with E-state index in [0.29, 0.717) is 17.2 Å². The fourth-order valence-electron chi connectivity index (χ4n) is 1.33. The topological polar surface area (TPSA) is 26.3 Å². The van der Waals surface area contributed by atoms with Crippen LogP contribution in [0.15, 0.2) is 21.9 Å². The summed E-state index contributed by atoms with van der Waals surface area (Å²) in [7, 11) is 0. The lowest BCUT2D eigenvalue weighted by Gasteiger charge is -2.28. The Morgan fingerprint density at radius 2 is 2.25 bits per heavy atom. The van der Waals surface area contributed by atoms with Crippen molar-refractivity contribution >= 4 is 29.0 Å². The zero-order chi connectivity index (χ0) is 8.93. The van der Waals surface area contributed by atoms with E-state index in [2.05, 4.69) is 0 Å². The predicted molar refractivity (Wildman–Crippen MR) is 45.9 cm³/mol. The van der Waals surface area contributed by atoms with Gasteiger partial charge in [-0.05, 0) is 13.0 Å². The second-order valence-electron chi connectivity index (χ2n) is 3.06. The first-order valence-electron chi connectivity index (χ1n) is 3.54. The Morgan fingerprint density at radius 1 is 1.58 bits per heavy atom. The van der Waals surface area contributed by atoms with E-state index < -0.39 is 5.60 Å². The average Bonchev–Trinajstić information content (AvgIpc) is 2.41. The van der Waals surface area contributed by atoms with Crippen LogP contribution >= 0.6 is 23.2 Å². The van der Waals surface area contributed by atoms with Crippen LogP contribution in [0.3, 0.4) is 0 Å². The highest BCUT2D eigenvalue weighted by Gasteiger charge is 2.44. The van der Waals surface area contributed by atoms with Crippen molar-refractivity contribution < 1.29 is 9.53 Å². The maximum absolute atomic E-state index is 11.3. The number of halogens is 2. The Balaban J connectivity index is 2.59. The van der Waals surface area contributed by atoms with Gasteiger partial charge in [-0.15, -0.1) is 0 Å². The number of carbonyl (C=O) groups excluding carboxylic acids is 1. The van der Waals surface area contributed by atoms with Gasteiger partial charge in [-0.25, -0.2) is 0 Å². The van der Waals surface area contributed by atoms with Crippen molar-refractivity contribution in [1.82, 2.24) is 0 Å². The van der Waals surface area contributed by atoms with Crippen molar-refractivity contribution in [3.05, 3.63) is 21.9 Å². The van der Waals surface area contributed by atoms with Crippen LogP contribution in [0.5, 0.6) is 0 Å². The number of allylic oxidation sites excluding steroid dienone is 1. The summed E-state index contributed by atoms with van der Waals surface area (Å²) < 4.78 is 5.32. The van der Waals surface area contributed by atoms with Gasteiger partial charge in [0.15, 0.2) is 5.76 Å². The highest BCUT2D eigenvalue weighted by Crippen LogP contribution is 2.44. The third kappa shape index (κ3) is 0.852. The second-order valence-corrected chi connectivity index (χ2v) is 3.82. The molecule has 2 rings (SSSR count). The molecule has 0 saturated heterocycles. The first-order valence-corrected chi connectivity index (χ1v) is 4.30. The van der Waals surface area contributed by atoms with E-state index in [0.717, 1.165) is 0 Å². The van der Waals surface area contributed by atoms with Crippen LogP contribution in [0.1, 0.15) is 13.3 Å². The lowest BCUT2D eigenvalue weighted by Crippen LogP contribution is -2.30. The molecule has 0 unspecified atom stereocenters. The number of hydrogen-bond acceptors (Lipinski definition) is 2. The van der Waals surface area contributed by atoms with Gasteiger partial charge in [0.05, 0.1) is 5.03 Å². The number of hydrogen-bond donors (Lipinski definition) is 0. The van der Waals surface area contributed by atoms with Gasteiger partial charge in [0, 0.05) is 6.42 Å². The molecule has 1 atom stereocenters. The lowest BCUT2D eigenvalue weighted by atomic mass is 10.0. The number of rotatable bonds is 0. The highest BCUT2D eigenvalue weighted by molar-refractivity contribution is 6.51. The maximum atomic E-state index is 11.3. The van der Waals surface area contributed by atoms with Gasteiger partial charge in [-0.1, -0.05) is 23.2 Å². The van der Waals surface area contributed by atoms with Crippen molar-refractivity contribution in [2.75, 3.05) is 0 Å². The highest BCUT2D eigenvalue weighted by atomic mass is 35.5. The molecular formula is C8H6Cl2O2. The molecule has 12 heavy (non-hydrogen) atoms. The first kappa shape index (κ1) is 8.14. The smallest absolute Gasteiger partial charge is 0.239 e. The standard InChI is InChI=1S/C8H6Cl2O2/c1-8-3-2-4(12-8)6(11)5(9)7(8)10/h2H,3H2,1H3/t8-/m1/s1. The number of ketones is 1. The molecule has 2 heterocycles. The molecule has 2 aliphatic rings. The molecule has 0 aromatic heterocycles. The predicted octanol–water partition coefficient (Wildman–Crippen LogP) is 2.32. The molecule has 0 aliphatic carbocycles. The fraction of sp³-hybridized carbons (Fsp3) is 0.375. The molecule has 0 radical (unpaired) electrons. The van der Waals surface area contributed by atoms with E-state index in [-0.39, 0.29) is 10.8 Å². The zero-order valence-electron chi connectivity index (χ0n) is 6.36. The SMILES string of the molecule is C[C@]12CC=C(O1)C(=O)C(Cl)=C2Cl. The van der Waals surface area contributed by atoms with Crippen LogP contribution in [0, 0.1) is 0 Å². The van der Waals surface area contributed by atoms with Crippen molar-refractivity contribution in [2.45, 2.75) is 18.9 Å². The molecule has 2 bridgehead atoms. The van der Waals surface area contributed by atoms with Crippen LogP contribution in [-0.2, 0) is 9.53 Å². The Bertz CT molecular complexity index is 330. The molecule has 0 N–H and O–H groups in total. The third-order valence-electron chi connectivity index (χ3n) is 2.09. The number of Topliss-reactive ketones (excluding diaryl/α,β-unsaturated/α-hetero) is 1. The van der Waals surface area contributed by atoms with Gasteiger partial charge < -0.3 is 4.74 Å². The summed E-state index contributed by atoms with van der Waals surface area (Å²) in [6, 6.07) is 0. The van der Waals surface area contributed by atoms with Gasteiger partial charge in [-0.2, -0.15) is 0 Å². The number of ether oxygens (including phenoxy) is 1. The van der Waals surface area contributed by atoms with E-state index in [1.807, 2.05) is 6.92 Å². The number of fused-ring (bicyclic) bond motifs is 2. The molecule has 2 nitrogen and oxygen atoms in total. The molecule has 0 fully saturated rings. The summed E-state index contributed by atoms with van der Waals surface area (Å²) in [6.45, 7) is 1.81. The lowest BCUT2D eigenvalue weighted by molar-refractivity contribution is -0.117. The molecule has 64 valence electrons. The normalized spacial score (nSPS) is 33.6. The van der Waals surface area contributed by atoms with E-state index in [1.54, 1.807) is 6.08 Å². The maximum Gasteiger partial charge on any atom is 0.239 e. The molecular weight excluding hydrogens is 199 g/mol. The minimum atomic E-state index is -0.595. The number of carbonyl (C=O) groups is 1. The molecule has 0 aromatic carbocycles. The van der Waals surface area contributed by atoms with Crippen molar-refractivity contribution in [3.63, 3.8) is 0 Å². The quantitative estimate of drug-likeness (QED) is 0.606. The largest absolute Gasteiger partial charge is 0.478 e. The monoisotopic (exact) mass is 204 g/mol. The summed E-state index contributed by atoms with van der Waals surface area (Å²) in [5.74, 6) is 0.0172. The van der Waals surface area contributed by atoms with Crippen LogP contribution in [0.4, 0.5) is 0 Å². The molecule has 0 amide bonds. The van der Waals surface area contributed by atoms with Gasteiger partial charge in [-0.3, -0.25) is 4.79 Å². The molecule has 0 spiro atoms. The van der Waals surface area contributed by atoms with Crippen LogP contribution < -0.4 is 0 Å². The van der Waals surface area contributed by atoms with Crippen molar-refractivity contribution in [2.24, 2.45) is 0 Å². The molecule has 4 heteroatoms. The molecule has 0 saturated carbocycles. The Labute approximate surface area is 79.8 Å². The molecule has 0 aromatic rings. The minimum absolute atomic E-state index is 0.0918. The van der Waals surface area contributed by atoms with Gasteiger partial charge in [0.2, 0.25) is 5.78 Å². The minimum Gasteiger partial charge on any atom is -0.478 e. The van der Waals surface area contributed by atoms with Gasteiger partial charge in [0.1, 0.15) is 10.6 Å². The van der Waals surface area contributed by atoms with Crippen molar-refractivity contribution in [1.29, 1.82) is 0 Å². The summed E-state index contributed by atoms with van der Waals surface area (Å²) in [4.78, 5) is 11.3.